The molecule has 2 saturated heterocycles. The summed E-state index contributed by atoms with van der Waals surface area (Å²) in [6.45, 7) is 5.77. The van der Waals surface area contributed by atoms with Crippen LogP contribution in [0, 0.1) is 6.92 Å². The molecule has 1 N–H and O–H groups in total. The third-order valence-electron chi connectivity index (χ3n) is 7.23. The minimum Gasteiger partial charge on any atom is -0.381 e. The number of aromatic nitrogens is 3. The molecule has 38 heavy (non-hydrogen) atoms. The molecule has 6 rings (SSSR count). The minimum atomic E-state index is -0.0720. The Morgan fingerprint density at radius 1 is 1.03 bits per heavy atom. The lowest BCUT2D eigenvalue weighted by Crippen LogP contribution is -2.40. The number of hydrogen-bond donors (Lipinski definition) is 1. The Bertz CT molecular complexity index is 1470. The van der Waals surface area contributed by atoms with Crippen LogP contribution in [0.1, 0.15) is 28.8 Å². The number of hydrogen-bond acceptors (Lipinski definition) is 6. The van der Waals surface area contributed by atoms with Crippen LogP contribution in [0.25, 0.3) is 27.8 Å². The summed E-state index contributed by atoms with van der Waals surface area (Å²) < 4.78 is 13.0. The first-order chi connectivity index (χ1) is 18.6. The molecule has 1 amide bonds. The van der Waals surface area contributed by atoms with Gasteiger partial charge in [-0.3, -0.25) is 4.79 Å². The number of halogens is 1. The number of nitrogens with zero attached hydrogens (tertiary/aromatic N) is 4. The van der Waals surface area contributed by atoms with E-state index in [0.29, 0.717) is 36.9 Å². The molecule has 0 bridgehead atoms. The Hall–Kier alpha value is -3.46. The maximum atomic E-state index is 13.1. The summed E-state index contributed by atoms with van der Waals surface area (Å²) >= 11 is 6.74. The third-order valence-corrected chi connectivity index (χ3v) is 7.55. The Morgan fingerprint density at radius 3 is 2.58 bits per heavy atom. The van der Waals surface area contributed by atoms with Crippen LogP contribution < -0.4 is 5.32 Å². The van der Waals surface area contributed by atoms with E-state index in [9.17, 15) is 4.79 Å². The van der Waals surface area contributed by atoms with Gasteiger partial charge in [-0.2, -0.15) is 0 Å². The van der Waals surface area contributed by atoms with Crippen LogP contribution >= 0.6 is 11.6 Å². The lowest BCUT2D eigenvalue weighted by Gasteiger charge is -2.27. The second kappa shape index (κ2) is 10.7. The molecular formula is C29H30ClN5O3. The van der Waals surface area contributed by atoms with Crippen molar-refractivity contribution < 1.29 is 14.3 Å². The fourth-order valence-electron chi connectivity index (χ4n) is 5.19. The molecule has 9 heteroatoms. The van der Waals surface area contributed by atoms with Gasteiger partial charge in [0.25, 0.3) is 5.91 Å². The molecule has 0 aliphatic carbocycles. The zero-order chi connectivity index (χ0) is 26.1. The highest BCUT2D eigenvalue weighted by Gasteiger charge is 2.24. The molecule has 0 radical (unpaired) electrons. The van der Waals surface area contributed by atoms with Crippen molar-refractivity contribution >= 4 is 34.4 Å². The van der Waals surface area contributed by atoms with Gasteiger partial charge in [0.05, 0.1) is 29.2 Å². The van der Waals surface area contributed by atoms with Crippen molar-refractivity contribution in [3.05, 3.63) is 71.1 Å². The molecule has 196 valence electrons. The number of ether oxygens (including phenoxy) is 2. The first-order valence-electron chi connectivity index (χ1n) is 13.0. The van der Waals surface area contributed by atoms with Gasteiger partial charge < -0.3 is 24.3 Å². The second-order valence-corrected chi connectivity index (χ2v) is 10.2. The van der Waals surface area contributed by atoms with Gasteiger partial charge in [0, 0.05) is 49.8 Å². The predicted molar refractivity (Wildman–Crippen MR) is 148 cm³/mol. The first kappa shape index (κ1) is 24.9. The van der Waals surface area contributed by atoms with E-state index in [1.807, 2.05) is 24.3 Å². The van der Waals surface area contributed by atoms with Gasteiger partial charge >= 0.3 is 0 Å². The number of anilines is 1. The summed E-state index contributed by atoms with van der Waals surface area (Å²) in [4.78, 5) is 24.3. The monoisotopic (exact) mass is 531 g/mol. The molecule has 8 nitrogen and oxygen atoms in total. The van der Waals surface area contributed by atoms with Gasteiger partial charge in [-0.05, 0) is 55.2 Å². The van der Waals surface area contributed by atoms with Crippen LogP contribution in [0.4, 0.5) is 5.82 Å². The Balaban J connectivity index is 1.45. The molecule has 2 aromatic carbocycles. The third kappa shape index (κ3) is 4.87. The topological polar surface area (TPSA) is 81.5 Å². The minimum absolute atomic E-state index is 0.0720. The Labute approximate surface area is 226 Å². The second-order valence-electron chi connectivity index (χ2n) is 9.80. The number of morpholine rings is 1. The van der Waals surface area contributed by atoms with Crippen molar-refractivity contribution in [2.75, 3.05) is 44.8 Å². The van der Waals surface area contributed by atoms with E-state index in [1.54, 1.807) is 11.2 Å². The van der Waals surface area contributed by atoms with E-state index >= 15 is 0 Å². The lowest BCUT2D eigenvalue weighted by molar-refractivity contribution is 0.0303. The average molecular weight is 532 g/mol. The molecule has 0 saturated carbocycles. The Kier molecular flexibility index (Phi) is 7.02. The van der Waals surface area contributed by atoms with Crippen LogP contribution in [0.15, 0.2) is 55.0 Å². The van der Waals surface area contributed by atoms with Gasteiger partial charge in [-0.1, -0.05) is 29.8 Å². The maximum absolute atomic E-state index is 13.1. The SMILES string of the molecule is Cc1cccc(-n2cc(-c3ccc(C(=O)N4CCOCC4)c(Cl)c3)c3c(NC4CCOCC4)ncnc32)c1. The lowest BCUT2D eigenvalue weighted by atomic mass is 10.0. The summed E-state index contributed by atoms with van der Waals surface area (Å²) in [6.07, 6.45) is 5.53. The highest BCUT2D eigenvalue weighted by Crippen LogP contribution is 2.37. The van der Waals surface area contributed by atoms with E-state index in [1.165, 1.54) is 0 Å². The molecule has 0 unspecified atom stereocenters. The maximum Gasteiger partial charge on any atom is 0.255 e. The fraction of sp³-hybridized carbons (Fsp3) is 0.345. The molecular weight excluding hydrogens is 502 g/mol. The van der Waals surface area contributed by atoms with E-state index in [4.69, 9.17) is 26.1 Å². The number of rotatable bonds is 5. The highest BCUT2D eigenvalue weighted by molar-refractivity contribution is 6.34. The molecule has 0 atom stereocenters. The van der Waals surface area contributed by atoms with Crippen LogP contribution in [-0.4, -0.2) is 70.9 Å². The van der Waals surface area contributed by atoms with Crippen molar-refractivity contribution in [1.82, 2.24) is 19.4 Å². The molecule has 4 heterocycles. The normalized spacial score (nSPS) is 16.6. The van der Waals surface area contributed by atoms with Crippen molar-refractivity contribution in [1.29, 1.82) is 0 Å². The smallest absolute Gasteiger partial charge is 0.255 e. The van der Waals surface area contributed by atoms with E-state index < -0.39 is 0 Å². The van der Waals surface area contributed by atoms with Gasteiger partial charge in [0.15, 0.2) is 5.65 Å². The van der Waals surface area contributed by atoms with Gasteiger partial charge in [-0.25, -0.2) is 9.97 Å². The van der Waals surface area contributed by atoms with E-state index in [0.717, 1.165) is 65.3 Å². The standard InChI is InChI=1S/C29H30ClN5O3/c1-19-3-2-4-22(15-19)35-17-24(26-27(31-18-32-28(26)35)33-21-7-11-37-12-8-21)20-5-6-23(25(30)16-20)29(36)34-9-13-38-14-10-34/h2-6,15-18,21H,7-14H2,1H3,(H,31,32,33). The van der Waals surface area contributed by atoms with Crippen molar-refractivity contribution in [2.24, 2.45) is 0 Å². The molecule has 2 aliphatic rings. The molecule has 0 spiro atoms. The van der Waals surface area contributed by atoms with Crippen molar-refractivity contribution in [2.45, 2.75) is 25.8 Å². The number of amides is 1. The number of aryl methyl sites for hydroxylation is 1. The van der Waals surface area contributed by atoms with Gasteiger partial charge in [-0.15, -0.1) is 0 Å². The predicted octanol–water partition coefficient (Wildman–Crippen LogP) is 5.11. The summed E-state index contributed by atoms with van der Waals surface area (Å²) in [7, 11) is 0. The number of carbonyl (C=O) groups excluding carboxylic acids is 1. The Morgan fingerprint density at radius 2 is 1.82 bits per heavy atom. The van der Waals surface area contributed by atoms with Crippen molar-refractivity contribution in [3.63, 3.8) is 0 Å². The van der Waals surface area contributed by atoms with Crippen molar-refractivity contribution in [3.8, 4) is 16.8 Å². The van der Waals surface area contributed by atoms with Gasteiger partial charge in [0.1, 0.15) is 12.1 Å². The average Bonchev–Trinajstić information content (AvgIpc) is 3.35. The highest BCUT2D eigenvalue weighted by atomic mass is 35.5. The molecule has 2 aliphatic heterocycles. The van der Waals surface area contributed by atoms with Crippen LogP contribution in [-0.2, 0) is 9.47 Å². The van der Waals surface area contributed by atoms with Crippen LogP contribution in [0.3, 0.4) is 0 Å². The van der Waals surface area contributed by atoms with E-state index in [-0.39, 0.29) is 11.9 Å². The first-order valence-corrected chi connectivity index (χ1v) is 13.4. The summed E-state index contributed by atoms with van der Waals surface area (Å²) in [5.41, 5.74) is 5.33. The summed E-state index contributed by atoms with van der Waals surface area (Å²) in [5, 5.41) is 4.99. The van der Waals surface area contributed by atoms with Crippen LogP contribution in [0.2, 0.25) is 5.02 Å². The number of carbonyl (C=O) groups is 1. The number of nitrogens with one attached hydrogen (secondary N) is 1. The number of benzene rings is 2. The van der Waals surface area contributed by atoms with Crippen LogP contribution in [0.5, 0.6) is 0 Å². The number of fused-ring (bicyclic) bond motifs is 1. The largest absolute Gasteiger partial charge is 0.381 e. The zero-order valence-corrected chi connectivity index (χ0v) is 22.1. The quantitative estimate of drug-likeness (QED) is 0.385. The fourth-order valence-corrected chi connectivity index (χ4v) is 5.45. The molecule has 2 aromatic heterocycles. The summed E-state index contributed by atoms with van der Waals surface area (Å²) in [5.74, 6) is 0.713. The molecule has 2 fully saturated rings. The molecule has 4 aromatic rings. The van der Waals surface area contributed by atoms with E-state index in [2.05, 4.69) is 46.2 Å². The summed E-state index contributed by atoms with van der Waals surface area (Å²) in [6, 6.07) is 14.2. The zero-order valence-electron chi connectivity index (χ0n) is 21.3. The van der Waals surface area contributed by atoms with Gasteiger partial charge in [0.2, 0.25) is 0 Å².